The van der Waals surface area contributed by atoms with E-state index in [-0.39, 0.29) is 11.9 Å². The number of carbonyl (C=O) groups excluding carboxylic acids is 1. The number of hydrogen-bond donors (Lipinski definition) is 1. The van der Waals surface area contributed by atoms with E-state index in [4.69, 9.17) is 10.5 Å². The van der Waals surface area contributed by atoms with Crippen LogP contribution in [0.1, 0.15) is 25.5 Å². The number of hydrogen-bond acceptors (Lipinski definition) is 5. The van der Waals surface area contributed by atoms with Crippen molar-refractivity contribution >= 4 is 11.7 Å². The van der Waals surface area contributed by atoms with E-state index in [1.165, 1.54) is 0 Å². The van der Waals surface area contributed by atoms with Crippen LogP contribution in [-0.2, 0) is 16.1 Å². The molecule has 2 rings (SSSR count). The molecule has 2 heterocycles. The monoisotopic (exact) mass is 263 g/mol. The predicted octanol–water partition coefficient (Wildman–Crippen LogP) is 1.44. The second-order valence-electron chi connectivity index (χ2n) is 4.91. The van der Waals surface area contributed by atoms with Gasteiger partial charge in [0.25, 0.3) is 0 Å². The lowest BCUT2D eigenvalue weighted by molar-refractivity contribution is -0.150. The maximum absolute atomic E-state index is 11.8. The number of piperidine rings is 1. The van der Waals surface area contributed by atoms with Crippen molar-refractivity contribution in [2.45, 2.75) is 26.3 Å². The van der Waals surface area contributed by atoms with Crippen molar-refractivity contribution in [1.29, 1.82) is 0 Å². The van der Waals surface area contributed by atoms with Crippen LogP contribution in [0.5, 0.6) is 0 Å². The maximum Gasteiger partial charge on any atom is 0.310 e. The van der Waals surface area contributed by atoms with Gasteiger partial charge in [-0.05, 0) is 38.4 Å². The minimum atomic E-state index is -0.0762. The number of likely N-dealkylation sites (tertiary alicyclic amines) is 1. The Hall–Kier alpha value is -1.62. The van der Waals surface area contributed by atoms with E-state index in [1.54, 1.807) is 12.3 Å². The van der Waals surface area contributed by atoms with Crippen LogP contribution in [0.15, 0.2) is 18.3 Å². The van der Waals surface area contributed by atoms with Gasteiger partial charge in [0.1, 0.15) is 0 Å². The molecule has 0 amide bonds. The van der Waals surface area contributed by atoms with Gasteiger partial charge < -0.3 is 10.5 Å². The van der Waals surface area contributed by atoms with Crippen molar-refractivity contribution in [3.05, 3.63) is 24.0 Å². The molecule has 1 aromatic rings. The Morgan fingerprint density at radius 1 is 1.63 bits per heavy atom. The van der Waals surface area contributed by atoms with Crippen molar-refractivity contribution < 1.29 is 9.53 Å². The molecule has 1 aliphatic rings. The van der Waals surface area contributed by atoms with Crippen molar-refractivity contribution in [3.63, 3.8) is 0 Å². The van der Waals surface area contributed by atoms with E-state index in [0.29, 0.717) is 6.61 Å². The molecule has 1 atom stereocenters. The van der Waals surface area contributed by atoms with Gasteiger partial charge in [-0.15, -0.1) is 0 Å². The zero-order valence-electron chi connectivity index (χ0n) is 11.3. The summed E-state index contributed by atoms with van der Waals surface area (Å²) in [6.07, 6.45) is 3.66. The Labute approximate surface area is 113 Å². The average molecular weight is 263 g/mol. The van der Waals surface area contributed by atoms with Gasteiger partial charge in [-0.3, -0.25) is 14.7 Å². The van der Waals surface area contributed by atoms with Crippen LogP contribution in [0.25, 0.3) is 0 Å². The minimum absolute atomic E-state index is 0.00485. The number of rotatable bonds is 4. The largest absolute Gasteiger partial charge is 0.466 e. The Morgan fingerprint density at radius 2 is 2.47 bits per heavy atom. The lowest BCUT2D eigenvalue weighted by Crippen LogP contribution is -2.39. The third kappa shape index (κ3) is 3.92. The first kappa shape index (κ1) is 13.8. The highest BCUT2D eigenvalue weighted by Gasteiger charge is 2.26. The van der Waals surface area contributed by atoms with E-state index in [0.717, 1.165) is 43.9 Å². The molecule has 104 valence electrons. The number of nitrogen functional groups attached to an aromatic ring is 1. The minimum Gasteiger partial charge on any atom is -0.466 e. The fraction of sp³-hybridized carbons (Fsp3) is 0.571. The van der Waals surface area contributed by atoms with Gasteiger partial charge >= 0.3 is 5.97 Å². The molecule has 5 nitrogen and oxygen atoms in total. The topological polar surface area (TPSA) is 68.5 Å². The van der Waals surface area contributed by atoms with Crippen molar-refractivity contribution in [2.75, 3.05) is 25.4 Å². The molecule has 5 heteroatoms. The number of ether oxygens (including phenoxy) is 1. The number of aromatic nitrogens is 1. The molecule has 0 spiro atoms. The SMILES string of the molecule is CCOC(=O)C1CCCN(Cc2cc(N)ccn2)C1. The summed E-state index contributed by atoms with van der Waals surface area (Å²) < 4.78 is 5.10. The van der Waals surface area contributed by atoms with Crippen LogP contribution in [0, 0.1) is 5.92 Å². The number of nitrogens with two attached hydrogens (primary N) is 1. The maximum atomic E-state index is 11.8. The fourth-order valence-electron chi connectivity index (χ4n) is 2.46. The highest BCUT2D eigenvalue weighted by molar-refractivity contribution is 5.72. The van der Waals surface area contributed by atoms with Crippen LogP contribution in [0.4, 0.5) is 5.69 Å². The van der Waals surface area contributed by atoms with Gasteiger partial charge in [-0.2, -0.15) is 0 Å². The second kappa shape index (κ2) is 6.52. The summed E-state index contributed by atoms with van der Waals surface area (Å²) >= 11 is 0. The third-order valence-corrected chi connectivity index (χ3v) is 3.35. The molecule has 1 fully saturated rings. The van der Waals surface area contributed by atoms with Gasteiger partial charge in [0.05, 0.1) is 18.2 Å². The van der Waals surface area contributed by atoms with Crippen molar-refractivity contribution in [2.24, 2.45) is 5.92 Å². The summed E-state index contributed by atoms with van der Waals surface area (Å²) in [7, 11) is 0. The van der Waals surface area contributed by atoms with Crippen LogP contribution >= 0.6 is 0 Å². The summed E-state index contributed by atoms with van der Waals surface area (Å²) in [6, 6.07) is 3.66. The van der Waals surface area contributed by atoms with E-state index in [2.05, 4.69) is 9.88 Å². The first-order valence-corrected chi connectivity index (χ1v) is 6.78. The van der Waals surface area contributed by atoms with Gasteiger partial charge in [-0.25, -0.2) is 0 Å². The summed E-state index contributed by atoms with van der Waals surface area (Å²) in [5.74, 6) is -0.0810. The Morgan fingerprint density at radius 3 is 3.21 bits per heavy atom. The van der Waals surface area contributed by atoms with Crippen molar-refractivity contribution in [3.8, 4) is 0 Å². The summed E-state index contributed by atoms with van der Waals surface area (Å²) in [5, 5.41) is 0. The zero-order valence-corrected chi connectivity index (χ0v) is 11.3. The first-order valence-electron chi connectivity index (χ1n) is 6.78. The molecule has 0 aliphatic carbocycles. The molecule has 19 heavy (non-hydrogen) atoms. The molecule has 0 saturated carbocycles. The lowest BCUT2D eigenvalue weighted by atomic mass is 9.98. The molecule has 2 N–H and O–H groups in total. The Balaban J connectivity index is 1.92. The molecular weight excluding hydrogens is 242 g/mol. The van der Waals surface area contributed by atoms with Crippen LogP contribution in [0.3, 0.4) is 0 Å². The second-order valence-corrected chi connectivity index (χ2v) is 4.91. The van der Waals surface area contributed by atoms with E-state index >= 15 is 0 Å². The van der Waals surface area contributed by atoms with Gasteiger partial charge in [-0.1, -0.05) is 0 Å². The number of carbonyl (C=O) groups is 1. The summed E-state index contributed by atoms with van der Waals surface area (Å²) in [5.41, 5.74) is 7.42. The van der Waals surface area contributed by atoms with Crippen LogP contribution < -0.4 is 5.73 Å². The standard InChI is InChI=1S/C14H21N3O2/c1-2-19-14(18)11-4-3-7-17(9-11)10-13-8-12(15)5-6-16-13/h5-6,8,11H,2-4,7,9-10H2,1H3,(H2,15,16). The average Bonchev–Trinajstić information content (AvgIpc) is 2.39. The molecular formula is C14H21N3O2. The molecule has 0 bridgehead atoms. The first-order chi connectivity index (χ1) is 9.19. The number of pyridine rings is 1. The van der Waals surface area contributed by atoms with Gasteiger partial charge in [0, 0.05) is 25.0 Å². The summed E-state index contributed by atoms with van der Waals surface area (Å²) in [6.45, 7) is 4.77. The third-order valence-electron chi connectivity index (χ3n) is 3.35. The molecule has 0 radical (unpaired) electrons. The Bertz CT molecular complexity index is 436. The normalized spacial score (nSPS) is 20.2. The zero-order chi connectivity index (χ0) is 13.7. The molecule has 1 aliphatic heterocycles. The van der Waals surface area contributed by atoms with Crippen LogP contribution in [0.2, 0.25) is 0 Å². The van der Waals surface area contributed by atoms with Crippen LogP contribution in [-0.4, -0.2) is 35.5 Å². The highest BCUT2D eigenvalue weighted by atomic mass is 16.5. The smallest absolute Gasteiger partial charge is 0.310 e. The van der Waals surface area contributed by atoms with E-state index in [1.807, 2.05) is 13.0 Å². The van der Waals surface area contributed by atoms with Gasteiger partial charge in [0.2, 0.25) is 0 Å². The van der Waals surface area contributed by atoms with E-state index < -0.39 is 0 Å². The fourth-order valence-corrected chi connectivity index (χ4v) is 2.46. The summed E-state index contributed by atoms with van der Waals surface area (Å²) in [4.78, 5) is 18.3. The number of nitrogens with zero attached hydrogens (tertiary/aromatic N) is 2. The number of anilines is 1. The van der Waals surface area contributed by atoms with Gasteiger partial charge in [0.15, 0.2) is 0 Å². The molecule has 0 aromatic carbocycles. The quantitative estimate of drug-likeness (QED) is 0.832. The Kier molecular flexibility index (Phi) is 4.74. The molecule has 1 aromatic heterocycles. The number of esters is 1. The predicted molar refractivity (Wildman–Crippen MR) is 73.3 cm³/mol. The molecule has 1 saturated heterocycles. The highest BCUT2D eigenvalue weighted by Crippen LogP contribution is 2.19. The lowest BCUT2D eigenvalue weighted by Gasteiger charge is -2.31. The van der Waals surface area contributed by atoms with Crippen molar-refractivity contribution in [1.82, 2.24) is 9.88 Å². The van der Waals surface area contributed by atoms with E-state index in [9.17, 15) is 4.79 Å². The molecule has 1 unspecified atom stereocenters.